The van der Waals surface area contributed by atoms with Gasteiger partial charge in [0.2, 0.25) is 0 Å². The van der Waals surface area contributed by atoms with Gasteiger partial charge < -0.3 is 19.0 Å². The van der Waals surface area contributed by atoms with Crippen LogP contribution in [0.15, 0.2) is 0 Å². The number of rotatable bonds is 9. The van der Waals surface area contributed by atoms with Gasteiger partial charge in [-0.05, 0) is 38.4 Å². The second-order valence-corrected chi connectivity index (χ2v) is 13.9. The van der Waals surface area contributed by atoms with Crippen molar-refractivity contribution in [3.05, 3.63) is 0 Å². The maximum atomic E-state index is 10.7. The maximum Gasteiger partial charge on any atom is 0.192 e. The average Bonchev–Trinajstić information content (AvgIpc) is 2.75. The first kappa shape index (κ1) is 22.1. The van der Waals surface area contributed by atoms with E-state index >= 15 is 0 Å². The molecular weight excluding hydrogens is 320 g/mol. The van der Waals surface area contributed by atoms with E-state index in [0.717, 1.165) is 12.8 Å². The number of ether oxygens (including phenoxy) is 2. The van der Waals surface area contributed by atoms with Gasteiger partial charge in [-0.2, -0.15) is 0 Å². The van der Waals surface area contributed by atoms with Crippen molar-refractivity contribution in [3.63, 3.8) is 0 Å². The highest BCUT2D eigenvalue weighted by molar-refractivity contribution is 6.74. The van der Waals surface area contributed by atoms with E-state index in [1.54, 1.807) is 0 Å². The minimum Gasteiger partial charge on any atom is -0.414 e. The van der Waals surface area contributed by atoms with Crippen molar-refractivity contribution < 1.29 is 19.0 Å². The first-order valence-electron chi connectivity index (χ1n) is 9.57. The van der Waals surface area contributed by atoms with Gasteiger partial charge in [-0.1, -0.05) is 53.4 Å². The maximum absolute atomic E-state index is 10.7. The van der Waals surface area contributed by atoms with Crippen LogP contribution in [0.4, 0.5) is 0 Å². The Morgan fingerprint density at radius 3 is 2.29 bits per heavy atom. The number of aliphatic hydroxyl groups excluding tert-OH is 1. The summed E-state index contributed by atoms with van der Waals surface area (Å²) in [6, 6.07) is 0. The van der Waals surface area contributed by atoms with E-state index in [1.807, 2.05) is 13.8 Å². The molecule has 1 aliphatic heterocycles. The average molecular weight is 361 g/mol. The molecule has 0 aliphatic carbocycles. The van der Waals surface area contributed by atoms with E-state index in [4.69, 9.17) is 13.9 Å². The van der Waals surface area contributed by atoms with Crippen LogP contribution in [0.2, 0.25) is 18.1 Å². The molecule has 0 unspecified atom stereocenters. The summed E-state index contributed by atoms with van der Waals surface area (Å²) >= 11 is 0. The molecule has 24 heavy (non-hydrogen) atoms. The minimum atomic E-state index is -1.87. The molecule has 4 nitrogen and oxygen atoms in total. The lowest BCUT2D eigenvalue weighted by atomic mass is 10.0. The minimum absolute atomic E-state index is 0.0464. The Hall–Kier alpha value is 0.0569. The molecule has 5 heteroatoms. The van der Waals surface area contributed by atoms with Crippen LogP contribution in [-0.4, -0.2) is 44.1 Å². The van der Waals surface area contributed by atoms with Crippen molar-refractivity contribution in [2.24, 2.45) is 0 Å². The molecule has 0 aromatic rings. The van der Waals surface area contributed by atoms with E-state index in [1.165, 1.54) is 19.3 Å². The van der Waals surface area contributed by atoms with Crippen molar-refractivity contribution >= 4 is 8.32 Å². The predicted molar refractivity (Wildman–Crippen MR) is 102 cm³/mol. The zero-order valence-electron chi connectivity index (χ0n) is 17.1. The van der Waals surface area contributed by atoms with Gasteiger partial charge in [0, 0.05) is 0 Å². The van der Waals surface area contributed by atoms with Crippen LogP contribution in [0, 0.1) is 0 Å². The number of hydrogen-bond donors (Lipinski definition) is 1. The lowest BCUT2D eigenvalue weighted by molar-refractivity contribution is -0.157. The van der Waals surface area contributed by atoms with E-state index in [9.17, 15) is 5.11 Å². The van der Waals surface area contributed by atoms with Crippen LogP contribution in [0.3, 0.4) is 0 Å². The van der Waals surface area contributed by atoms with Crippen LogP contribution in [0.25, 0.3) is 0 Å². The smallest absolute Gasteiger partial charge is 0.192 e. The molecule has 1 aliphatic rings. The Bertz CT molecular complexity index is 376. The second kappa shape index (κ2) is 8.63. The van der Waals surface area contributed by atoms with Crippen LogP contribution in [-0.2, 0) is 13.9 Å². The fraction of sp³-hybridized carbons (Fsp3) is 1.00. The molecule has 0 bridgehead atoms. The van der Waals surface area contributed by atoms with Gasteiger partial charge in [-0.25, -0.2) is 0 Å². The third-order valence-corrected chi connectivity index (χ3v) is 9.86. The quantitative estimate of drug-likeness (QED) is 0.471. The standard InChI is InChI=1S/C19H40O4Si/c1-9-10-11-12-13-16-17(23-19(5,6)22-16)15(20)14-21-24(7,8)18(2,3)4/h15-17,20H,9-14H2,1-8H3/t15-,16+,17-/m0/s1. The van der Waals surface area contributed by atoms with Crippen molar-refractivity contribution in [1.82, 2.24) is 0 Å². The fourth-order valence-electron chi connectivity index (χ4n) is 2.79. The first-order valence-corrected chi connectivity index (χ1v) is 12.5. The number of hydrogen-bond acceptors (Lipinski definition) is 4. The van der Waals surface area contributed by atoms with E-state index in [2.05, 4.69) is 40.8 Å². The summed E-state index contributed by atoms with van der Waals surface area (Å²) in [6.07, 6.45) is 4.74. The molecule has 144 valence electrons. The number of aliphatic hydroxyl groups is 1. The molecule has 1 saturated heterocycles. The monoisotopic (exact) mass is 360 g/mol. The summed E-state index contributed by atoms with van der Waals surface area (Å²) in [5.74, 6) is -0.627. The van der Waals surface area contributed by atoms with E-state index in [-0.39, 0.29) is 17.2 Å². The molecule has 0 saturated carbocycles. The van der Waals surface area contributed by atoms with Crippen molar-refractivity contribution in [2.45, 2.75) is 116 Å². The van der Waals surface area contributed by atoms with Gasteiger partial charge in [-0.3, -0.25) is 0 Å². The van der Waals surface area contributed by atoms with Gasteiger partial charge in [0.05, 0.1) is 12.7 Å². The Kier molecular flexibility index (Phi) is 7.94. The summed E-state index contributed by atoms with van der Waals surface area (Å²) < 4.78 is 18.2. The normalized spacial score (nSPS) is 25.9. The molecule has 1 heterocycles. The Labute approximate surface area is 150 Å². The van der Waals surface area contributed by atoms with Crippen LogP contribution in [0.1, 0.15) is 73.6 Å². The summed E-state index contributed by atoms with van der Waals surface area (Å²) in [7, 11) is -1.87. The summed E-state index contributed by atoms with van der Waals surface area (Å²) in [4.78, 5) is 0. The lowest BCUT2D eigenvalue weighted by Gasteiger charge is -2.37. The zero-order chi connectivity index (χ0) is 18.6. The van der Waals surface area contributed by atoms with Crippen LogP contribution < -0.4 is 0 Å². The lowest BCUT2D eigenvalue weighted by Crippen LogP contribution is -2.46. The second-order valence-electron chi connectivity index (χ2n) is 9.13. The molecule has 0 radical (unpaired) electrons. The number of unbranched alkanes of at least 4 members (excludes halogenated alkanes) is 3. The fourth-order valence-corrected chi connectivity index (χ4v) is 3.81. The van der Waals surface area contributed by atoms with Crippen molar-refractivity contribution in [2.75, 3.05) is 6.61 Å². The van der Waals surface area contributed by atoms with Gasteiger partial charge >= 0.3 is 0 Å². The SMILES string of the molecule is CCCCCC[C@H]1OC(C)(C)O[C@H]1[C@@H](O)CO[Si](C)(C)C(C)(C)C. The Morgan fingerprint density at radius 2 is 1.75 bits per heavy atom. The van der Waals surface area contributed by atoms with Crippen molar-refractivity contribution in [1.29, 1.82) is 0 Å². The van der Waals surface area contributed by atoms with Crippen molar-refractivity contribution in [3.8, 4) is 0 Å². The molecule has 0 amide bonds. The third-order valence-electron chi connectivity index (χ3n) is 5.36. The largest absolute Gasteiger partial charge is 0.414 e. The molecule has 0 spiro atoms. The molecule has 1 N–H and O–H groups in total. The molecule has 1 fully saturated rings. The highest BCUT2D eigenvalue weighted by Gasteiger charge is 2.45. The Balaban J connectivity index is 2.60. The predicted octanol–water partition coefficient (Wildman–Crippen LogP) is 4.86. The third kappa shape index (κ3) is 6.41. The first-order chi connectivity index (χ1) is 10.9. The topological polar surface area (TPSA) is 47.9 Å². The molecule has 0 aromatic carbocycles. The molecule has 0 aromatic heterocycles. The highest BCUT2D eigenvalue weighted by atomic mass is 28.4. The molecule has 3 atom stereocenters. The summed E-state index contributed by atoms with van der Waals surface area (Å²) in [5.41, 5.74) is 0. The zero-order valence-corrected chi connectivity index (χ0v) is 18.1. The van der Waals surface area contributed by atoms with Gasteiger partial charge in [-0.15, -0.1) is 0 Å². The van der Waals surface area contributed by atoms with Gasteiger partial charge in [0.25, 0.3) is 0 Å². The van der Waals surface area contributed by atoms with E-state index in [0.29, 0.717) is 6.61 Å². The summed E-state index contributed by atoms with van der Waals surface area (Å²) in [6.45, 7) is 17.4. The van der Waals surface area contributed by atoms with Crippen LogP contribution in [0.5, 0.6) is 0 Å². The van der Waals surface area contributed by atoms with E-state index < -0.39 is 20.2 Å². The van der Waals surface area contributed by atoms with Gasteiger partial charge in [0.1, 0.15) is 12.2 Å². The summed E-state index contributed by atoms with van der Waals surface area (Å²) in [5, 5.41) is 10.8. The molecule has 1 rings (SSSR count). The van der Waals surface area contributed by atoms with Gasteiger partial charge in [0.15, 0.2) is 14.1 Å². The van der Waals surface area contributed by atoms with Crippen LogP contribution >= 0.6 is 0 Å². The highest BCUT2D eigenvalue weighted by Crippen LogP contribution is 2.37. The molecular formula is C19H40O4Si. The Morgan fingerprint density at radius 1 is 1.12 bits per heavy atom.